The van der Waals surface area contributed by atoms with Gasteiger partial charge in [-0.25, -0.2) is 4.99 Å². The van der Waals surface area contributed by atoms with Gasteiger partial charge in [0.2, 0.25) is 5.96 Å². The Balaban J connectivity index is 2.02. The topological polar surface area (TPSA) is 52.0 Å². The number of benzene rings is 1. The zero-order chi connectivity index (χ0) is 12.8. The molecule has 0 spiro atoms. The molecule has 1 fully saturated rings. The van der Waals surface area contributed by atoms with Crippen molar-refractivity contribution in [2.45, 2.75) is 0 Å². The lowest BCUT2D eigenvalue weighted by Crippen LogP contribution is -2.43. The highest BCUT2D eigenvalue weighted by Crippen LogP contribution is 2.18. The van der Waals surface area contributed by atoms with Crippen LogP contribution < -0.4 is 15.5 Å². The Hall–Kier alpha value is -1.88. The monoisotopic (exact) mass is 245 g/mol. The quantitative estimate of drug-likeness (QED) is 0.608. The van der Waals surface area contributed by atoms with Gasteiger partial charge >= 0.3 is 0 Å². The number of anilines is 2. The minimum absolute atomic E-state index is 0.532. The molecule has 0 radical (unpaired) electrons. The van der Waals surface area contributed by atoms with Gasteiger partial charge in [0, 0.05) is 44.6 Å². The van der Waals surface area contributed by atoms with Gasteiger partial charge in [-0.15, -0.1) is 0 Å². The lowest BCUT2D eigenvalue weighted by atomic mass is 10.2. The fourth-order valence-corrected chi connectivity index (χ4v) is 1.97. The van der Waals surface area contributed by atoms with Crippen LogP contribution in [-0.2, 0) is 0 Å². The number of rotatable bonds is 2. The molecule has 1 aliphatic rings. The van der Waals surface area contributed by atoms with Crippen LogP contribution >= 0.6 is 0 Å². The van der Waals surface area contributed by atoms with Crippen molar-refractivity contribution in [1.29, 1.82) is 0 Å². The van der Waals surface area contributed by atoms with E-state index in [1.165, 1.54) is 5.69 Å². The molecule has 0 bridgehead atoms. The SMILES string of the molecule is C=NC(=NC)Nc1ccc(N2CCNCC2)cc1. The Bertz CT molecular complexity index is 418. The van der Waals surface area contributed by atoms with Gasteiger partial charge in [-0.05, 0) is 31.0 Å². The standard InChI is InChI=1S/C13H19N5/c1-14-13(15-2)17-11-3-5-12(6-4-11)18-9-7-16-8-10-18/h3-6,16H,1,7-10H2,2H3,(H,15,17). The summed E-state index contributed by atoms with van der Waals surface area (Å²) >= 11 is 0. The number of nitrogens with zero attached hydrogens (tertiary/aromatic N) is 3. The van der Waals surface area contributed by atoms with E-state index in [0.29, 0.717) is 5.96 Å². The van der Waals surface area contributed by atoms with Gasteiger partial charge in [-0.1, -0.05) is 0 Å². The van der Waals surface area contributed by atoms with E-state index in [1.54, 1.807) is 7.05 Å². The van der Waals surface area contributed by atoms with E-state index in [4.69, 9.17) is 0 Å². The molecule has 1 aliphatic heterocycles. The molecule has 5 heteroatoms. The maximum atomic E-state index is 3.97. The number of guanidine groups is 1. The largest absolute Gasteiger partial charge is 0.369 e. The molecule has 0 amide bonds. The van der Waals surface area contributed by atoms with Gasteiger partial charge < -0.3 is 15.5 Å². The molecule has 0 unspecified atom stereocenters. The number of aliphatic imine (C=N–C) groups is 2. The van der Waals surface area contributed by atoms with Crippen LogP contribution in [-0.4, -0.2) is 45.9 Å². The van der Waals surface area contributed by atoms with Gasteiger partial charge in [-0.2, -0.15) is 0 Å². The van der Waals surface area contributed by atoms with Crippen molar-refractivity contribution >= 4 is 24.1 Å². The Labute approximate surface area is 108 Å². The lowest BCUT2D eigenvalue weighted by molar-refractivity contribution is 0.589. The second-order valence-corrected chi connectivity index (χ2v) is 4.11. The Kier molecular flexibility index (Phi) is 4.30. The van der Waals surface area contributed by atoms with Crippen LogP contribution in [0.4, 0.5) is 11.4 Å². The van der Waals surface area contributed by atoms with Gasteiger partial charge in [0.25, 0.3) is 0 Å². The maximum Gasteiger partial charge on any atom is 0.221 e. The van der Waals surface area contributed by atoms with Crippen LogP contribution in [0.25, 0.3) is 0 Å². The summed E-state index contributed by atoms with van der Waals surface area (Å²) in [5, 5.41) is 6.45. The summed E-state index contributed by atoms with van der Waals surface area (Å²) in [6.45, 7) is 7.67. The van der Waals surface area contributed by atoms with Crippen LogP contribution in [0, 0.1) is 0 Å². The summed E-state index contributed by atoms with van der Waals surface area (Å²) in [6.07, 6.45) is 0. The van der Waals surface area contributed by atoms with Crippen LogP contribution in [0.15, 0.2) is 34.3 Å². The first-order valence-corrected chi connectivity index (χ1v) is 6.10. The Morgan fingerprint density at radius 1 is 1.28 bits per heavy atom. The highest BCUT2D eigenvalue weighted by molar-refractivity contribution is 5.96. The van der Waals surface area contributed by atoms with Crippen LogP contribution in [0.3, 0.4) is 0 Å². The van der Waals surface area contributed by atoms with E-state index < -0.39 is 0 Å². The van der Waals surface area contributed by atoms with E-state index in [9.17, 15) is 0 Å². The minimum Gasteiger partial charge on any atom is -0.369 e. The molecule has 18 heavy (non-hydrogen) atoms. The Morgan fingerprint density at radius 2 is 1.94 bits per heavy atom. The van der Waals surface area contributed by atoms with E-state index in [1.807, 2.05) is 12.1 Å². The van der Waals surface area contributed by atoms with Crippen molar-refractivity contribution in [3.8, 4) is 0 Å². The van der Waals surface area contributed by atoms with Gasteiger partial charge in [0.15, 0.2) is 0 Å². The number of hydrogen-bond acceptors (Lipinski definition) is 3. The van der Waals surface area contributed by atoms with Gasteiger partial charge in [0.1, 0.15) is 0 Å². The molecule has 2 rings (SSSR count). The summed E-state index contributed by atoms with van der Waals surface area (Å²) in [6, 6.07) is 8.30. The van der Waals surface area contributed by atoms with Crippen molar-refractivity contribution in [3.05, 3.63) is 24.3 Å². The summed E-state index contributed by atoms with van der Waals surface area (Å²) in [7, 11) is 1.69. The van der Waals surface area contributed by atoms with Crippen LogP contribution in [0.5, 0.6) is 0 Å². The van der Waals surface area contributed by atoms with Crippen molar-refractivity contribution < 1.29 is 0 Å². The molecule has 1 aromatic rings. The van der Waals surface area contributed by atoms with Crippen LogP contribution in [0.1, 0.15) is 0 Å². The molecule has 0 atom stereocenters. The second-order valence-electron chi connectivity index (χ2n) is 4.11. The minimum atomic E-state index is 0.532. The molecular formula is C13H19N5. The van der Waals surface area contributed by atoms with E-state index in [-0.39, 0.29) is 0 Å². The van der Waals surface area contributed by atoms with E-state index >= 15 is 0 Å². The summed E-state index contributed by atoms with van der Waals surface area (Å²) < 4.78 is 0. The van der Waals surface area contributed by atoms with Crippen molar-refractivity contribution in [1.82, 2.24) is 5.32 Å². The third kappa shape index (κ3) is 3.07. The first-order chi connectivity index (χ1) is 8.83. The smallest absolute Gasteiger partial charge is 0.221 e. The fraction of sp³-hybridized carbons (Fsp3) is 0.385. The summed E-state index contributed by atoms with van der Waals surface area (Å²) in [5.74, 6) is 0.532. The molecule has 1 heterocycles. The molecule has 96 valence electrons. The van der Waals surface area contributed by atoms with Crippen LogP contribution in [0.2, 0.25) is 0 Å². The zero-order valence-electron chi connectivity index (χ0n) is 10.7. The second kappa shape index (κ2) is 6.16. The van der Waals surface area contributed by atoms with E-state index in [0.717, 1.165) is 31.9 Å². The van der Waals surface area contributed by atoms with Gasteiger partial charge in [-0.3, -0.25) is 4.99 Å². The molecule has 1 saturated heterocycles. The van der Waals surface area contributed by atoms with Crippen molar-refractivity contribution in [3.63, 3.8) is 0 Å². The highest BCUT2D eigenvalue weighted by Gasteiger charge is 2.09. The molecule has 1 aromatic carbocycles. The lowest BCUT2D eigenvalue weighted by Gasteiger charge is -2.29. The van der Waals surface area contributed by atoms with Gasteiger partial charge in [0.05, 0.1) is 0 Å². The predicted octanol–water partition coefficient (Wildman–Crippen LogP) is 1.19. The summed E-state index contributed by atoms with van der Waals surface area (Å²) in [4.78, 5) is 10.1. The van der Waals surface area contributed by atoms with Crippen molar-refractivity contribution in [2.75, 3.05) is 43.4 Å². The highest BCUT2D eigenvalue weighted by atomic mass is 15.2. The number of piperazine rings is 1. The molecular weight excluding hydrogens is 226 g/mol. The zero-order valence-corrected chi connectivity index (χ0v) is 10.7. The molecule has 0 saturated carbocycles. The fourth-order valence-electron chi connectivity index (χ4n) is 1.97. The first-order valence-electron chi connectivity index (χ1n) is 6.10. The average Bonchev–Trinajstić information content (AvgIpc) is 2.46. The number of hydrogen-bond donors (Lipinski definition) is 2. The third-order valence-corrected chi connectivity index (χ3v) is 2.97. The predicted molar refractivity (Wildman–Crippen MR) is 78.1 cm³/mol. The molecule has 5 nitrogen and oxygen atoms in total. The maximum absolute atomic E-state index is 3.97. The number of nitrogens with one attached hydrogen (secondary N) is 2. The molecule has 0 aromatic heterocycles. The first kappa shape index (κ1) is 12.6. The molecule has 0 aliphatic carbocycles. The third-order valence-electron chi connectivity index (χ3n) is 2.97. The normalized spacial score (nSPS) is 16.5. The Morgan fingerprint density at radius 3 is 2.50 bits per heavy atom. The van der Waals surface area contributed by atoms with Crippen molar-refractivity contribution in [2.24, 2.45) is 9.98 Å². The summed E-state index contributed by atoms with van der Waals surface area (Å²) in [5.41, 5.74) is 2.23. The average molecular weight is 245 g/mol. The molecule has 2 N–H and O–H groups in total. The van der Waals surface area contributed by atoms with E-state index in [2.05, 4.69) is 44.4 Å².